The molecule has 0 aliphatic carbocycles. The molecule has 0 saturated heterocycles. The van der Waals surface area contributed by atoms with Crippen molar-refractivity contribution in [2.24, 2.45) is 0 Å². The SMILES string of the molecule is Cc1ccc(-c2nn(-c3ccccc3)cc2C(=O)NC(C)CO)cc1C. The van der Waals surface area contributed by atoms with E-state index in [0.717, 1.165) is 16.8 Å². The van der Waals surface area contributed by atoms with Crippen molar-refractivity contribution >= 4 is 5.91 Å². The molecule has 1 aromatic heterocycles. The van der Waals surface area contributed by atoms with E-state index in [-0.39, 0.29) is 18.6 Å². The Balaban J connectivity index is 2.09. The number of aromatic nitrogens is 2. The van der Waals surface area contributed by atoms with Gasteiger partial charge in [-0.05, 0) is 50.1 Å². The van der Waals surface area contributed by atoms with Gasteiger partial charge >= 0.3 is 0 Å². The van der Waals surface area contributed by atoms with Gasteiger partial charge in [-0.15, -0.1) is 0 Å². The molecule has 5 nitrogen and oxygen atoms in total. The van der Waals surface area contributed by atoms with Gasteiger partial charge in [0.15, 0.2) is 0 Å². The summed E-state index contributed by atoms with van der Waals surface area (Å²) >= 11 is 0. The number of amides is 1. The fraction of sp³-hybridized carbons (Fsp3) is 0.238. The number of aliphatic hydroxyl groups excluding tert-OH is 1. The first-order valence-corrected chi connectivity index (χ1v) is 8.64. The van der Waals surface area contributed by atoms with Crippen LogP contribution >= 0.6 is 0 Å². The van der Waals surface area contributed by atoms with Crippen molar-refractivity contribution in [3.8, 4) is 16.9 Å². The van der Waals surface area contributed by atoms with Crippen LogP contribution in [0.2, 0.25) is 0 Å². The quantitative estimate of drug-likeness (QED) is 0.743. The Morgan fingerprint density at radius 1 is 1.15 bits per heavy atom. The maximum atomic E-state index is 12.7. The molecule has 3 aromatic rings. The summed E-state index contributed by atoms with van der Waals surface area (Å²) in [5, 5.41) is 16.7. The minimum atomic E-state index is -0.324. The number of carbonyl (C=O) groups excluding carboxylic acids is 1. The molecule has 1 unspecified atom stereocenters. The molecule has 0 aliphatic rings. The molecular weight excluding hydrogens is 326 g/mol. The Hall–Kier alpha value is -2.92. The van der Waals surface area contributed by atoms with E-state index in [1.54, 1.807) is 17.8 Å². The maximum Gasteiger partial charge on any atom is 0.255 e. The van der Waals surface area contributed by atoms with Gasteiger partial charge in [0, 0.05) is 17.8 Å². The van der Waals surface area contributed by atoms with Gasteiger partial charge in [-0.25, -0.2) is 4.68 Å². The molecule has 1 amide bonds. The van der Waals surface area contributed by atoms with E-state index in [4.69, 9.17) is 0 Å². The second-order valence-electron chi connectivity index (χ2n) is 6.53. The number of hydrogen-bond acceptors (Lipinski definition) is 3. The summed E-state index contributed by atoms with van der Waals surface area (Å²) < 4.78 is 1.71. The van der Waals surface area contributed by atoms with Crippen LogP contribution in [-0.2, 0) is 0 Å². The zero-order chi connectivity index (χ0) is 18.7. The first kappa shape index (κ1) is 17.9. The van der Waals surface area contributed by atoms with Crippen molar-refractivity contribution in [3.63, 3.8) is 0 Å². The summed E-state index contributed by atoms with van der Waals surface area (Å²) in [6, 6.07) is 15.4. The number of hydrogen-bond donors (Lipinski definition) is 2. The number of rotatable bonds is 5. The van der Waals surface area contributed by atoms with Gasteiger partial charge in [0.25, 0.3) is 5.91 Å². The van der Waals surface area contributed by atoms with Crippen molar-refractivity contribution in [2.75, 3.05) is 6.61 Å². The van der Waals surface area contributed by atoms with Gasteiger partial charge in [-0.2, -0.15) is 5.10 Å². The molecule has 5 heteroatoms. The Kier molecular flexibility index (Phi) is 5.19. The Labute approximate surface area is 153 Å². The van der Waals surface area contributed by atoms with E-state index in [1.807, 2.05) is 55.5 Å². The molecule has 2 N–H and O–H groups in total. The average molecular weight is 349 g/mol. The highest BCUT2D eigenvalue weighted by Crippen LogP contribution is 2.26. The van der Waals surface area contributed by atoms with Crippen LogP contribution in [0.15, 0.2) is 54.7 Å². The zero-order valence-corrected chi connectivity index (χ0v) is 15.2. The van der Waals surface area contributed by atoms with E-state index >= 15 is 0 Å². The van der Waals surface area contributed by atoms with Gasteiger partial charge in [-0.3, -0.25) is 4.79 Å². The molecule has 0 saturated carbocycles. The summed E-state index contributed by atoms with van der Waals surface area (Å²) in [4.78, 5) is 12.7. The molecule has 0 spiro atoms. The largest absolute Gasteiger partial charge is 0.394 e. The highest BCUT2D eigenvalue weighted by molar-refractivity contribution is 6.00. The van der Waals surface area contributed by atoms with Gasteiger partial charge in [0.2, 0.25) is 0 Å². The summed E-state index contributed by atoms with van der Waals surface area (Å²) in [6.45, 7) is 5.74. The highest BCUT2D eigenvalue weighted by atomic mass is 16.3. The number of para-hydroxylation sites is 1. The van der Waals surface area contributed by atoms with Crippen LogP contribution < -0.4 is 5.32 Å². The van der Waals surface area contributed by atoms with Gasteiger partial charge in [0.1, 0.15) is 5.69 Å². The highest BCUT2D eigenvalue weighted by Gasteiger charge is 2.20. The molecule has 0 bridgehead atoms. The fourth-order valence-corrected chi connectivity index (χ4v) is 2.70. The summed E-state index contributed by atoms with van der Waals surface area (Å²) in [5.74, 6) is -0.248. The molecule has 134 valence electrons. The van der Waals surface area contributed by atoms with Crippen molar-refractivity contribution in [1.29, 1.82) is 0 Å². The summed E-state index contributed by atoms with van der Waals surface area (Å²) in [6.07, 6.45) is 1.74. The lowest BCUT2D eigenvalue weighted by Crippen LogP contribution is -2.35. The summed E-state index contributed by atoms with van der Waals surface area (Å²) in [5.41, 5.74) is 5.22. The van der Waals surface area contributed by atoms with E-state index in [9.17, 15) is 9.90 Å². The van der Waals surface area contributed by atoms with Crippen LogP contribution in [0.5, 0.6) is 0 Å². The molecule has 0 fully saturated rings. The minimum absolute atomic E-state index is 0.114. The topological polar surface area (TPSA) is 67.2 Å². The van der Waals surface area contributed by atoms with Crippen molar-refractivity contribution in [3.05, 3.63) is 71.4 Å². The lowest BCUT2D eigenvalue weighted by atomic mass is 10.0. The molecule has 3 rings (SSSR count). The first-order chi connectivity index (χ1) is 12.5. The predicted octanol–water partition coefficient (Wildman–Crippen LogP) is 3.27. The van der Waals surface area contributed by atoms with Crippen molar-refractivity contribution in [2.45, 2.75) is 26.8 Å². The molecule has 1 heterocycles. The number of nitrogens with zero attached hydrogens (tertiary/aromatic N) is 2. The first-order valence-electron chi connectivity index (χ1n) is 8.64. The minimum Gasteiger partial charge on any atom is -0.394 e. The lowest BCUT2D eigenvalue weighted by molar-refractivity contribution is 0.0923. The van der Waals surface area contributed by atoms with Crippen LogP contribution in [0.4, 0.5) is 0 Å². The maximum absolute atomic E-state index is 12.7. The fourth-order valence-electron chi connectivity index (χ4n) is 2.70. The van der Waals surface area contributed by atoms with Crippen LogP contribution in [0.25, 0.3) is 16.9 Å². The third kappa shape index (κ3) is 3.68. The predicted molar refractivity (Wildman–Crippen MR) is 102 cm³/mol. The van der Waals surface area contributed by atoms with Crippen LogP contribution in [0.3, 0.4) is 0 Å². The zero-order valence-electron chi connectivity index (χ0n) is 15.2. The molecule has 26 heavy (non-hydrogen) atoms. The molecule has 1 atom stereocenters. The number of aryl methyl sites for hydroxylation is 2. The molecule has 0 aliphatic heterocycles. The summed E-state index contributed by atoms with van der Waals surface area (Å²) in [7, 11) is 0. The van der Waals surface area contributed by atoms with E-state index in [2.05, 4.69) is 17.3 Å². The second-order valence-corrected chi connectivity index (χ2v) is 6.53. The Bertz CT molecular complexity index is 916. The van der Waals surface area contributed by atoms with E-state index in [1.165, 1.54) is 5.56 Å². The van der Waals surface area contributed by atoms with Crippen LogP contribution in [0, 0.1) is 13.8 Å². The number of aliphatic hydroxyl groups is 1. The molecular formula is C21H23N3O2. The van der Waals surface area contributed by atoms with Crippen LogP contribution in [-0.4, -0.2) is 33.4 Å². The monoisotopic (exact) mass is 349 g/mol. The third-order valence-electron chi connectivity index (χ3n) is 4.41. The van der Waals surface area contributed by atoms with E-state index < -0.39 is 0 Å². The van der Waals surface area contributed by atoms with E-state index in [0.29, 0.717) is 11.3 Å². The Morgan fingerprint density at radius 2 is 1.88 bits per heavy atom. The standard InChI is InChI=1S/C21H23N3O2/c1-14-9-10-17(11-15(14)2)20-19(21(26)22-16(3)13-25)12-24(23-20)18-7-5-4-6-8-18/h4-12,16,25H,13H2,1-3H3,(H,22,26). The number of nitrogens with one attached hydrogen (secondary N) is 1. The van der Waals surface area contributed by atoms with Gasteiger partial charge in [0.05, 0.1) is 17.9 Å². The number of carbonyl (C=O) groups is 1. The van der Waals surface area contributed by atoms with Gasteiger partial charge in [-0.1, -0.05) is 30.3 Å². The second kappa shape index (κ2) is 7.54. The third-order valence-corrected chi connectivity index (χ3v) is 4.41. The smallest absolute Gasteiger partial charge is 0.255 e. The van der Waals surface area contributed by atoms with Crippen LogP contribution in [0.1, 0.15) is 28.4 Å². The van der Waals surface area contributed by atoms with Crippen molar-refractivity contribution < 1.29 is 9.90 Å². The van der Waals surface area contributed by atoms with Crippen molar-refractivity contribution in [1.82, 2.24) is 15.1 Å². The average Bonchev–Trinajstić information content (AvgIpc) is 3.10. The lowest BCUT2D eigenvalue weighted by Gasteiger charge is -2.11. The normalized spacial score (nSPS) is 12.0. The molecule has 0 radical (unpaired) electrons. The van der Waals surface area contributed by atoms with Gasteiger partial charge < -0.3 is 10.4 Å². The Morgan fingerprint density at radius 3 is 2.54 bits per heavy atom. The number of benzene rings is 2. The molecule has 2 aromatic carbocycles.